The number of para-hydroxylation sites is 1. The normalized spacial score (nSPS) is 27.6. The van der Waals surface area contributed by atoms with E-state index in [0.29, 0.717) is 28.6 Å². The van der Waals surface area contributed by atoms with Crippen molar-refractivity contribution in [3.63, 3.8) is 0 Å². The van der Waals surface area contributed by atoms with Crippen LogP contribution >= 0.6 is 11.3 Å². The number of thiophene rings is 1. The molecule has 1 N–H and O–H groups in total. The first kappa shape index (κ1) is 18.9. The summed E-state index contributed by atoms with van der Waals surface area (Å²) >= 11 is 1.27. The molecule has 0 radical (unpaired) electrons. The van der Waals surface area contributed by atoms with Gasteiger partial charge in [-0.1, -0.05) is 24.3 Å². The van der Waals surface area contributed by atoms with Crippen LogP contribution in [-0.4, -0.2) is 52.6 Å². The highest BCUT2D eigenvalue weighted by Gasteiger charge is 2.40. The third kappa shape index (κ3) is 4.21. The van der Waals surface area contributed by atoms with Crippen LogP contribution in [0, 0.1) is 11.8 Å². The Morgan fingerprint density at radius 3 is 2.70 bits per heavy atom. The number of rotatable bonds is 7. The summed E-state index contributed by atoms with van der Waals surface area (Å²) in [6, 6.07) is 14.3. The highest BCUT2D eigenvalue weighted by Crippen LogP contribution is 2.37. The fraction of sp³-hybridized carbons (Fsp3) is 0.500. The Kier molecular flexibility index (Phi) is 5.55. The number of piperidine rings is 3. The van der Waals surface area contributed by atoms with E-state index in [1.807, 2.05) is 6.07 Å². The van der Waals surface area contributed by atoms with Crippen molar-refractivity contribution in [1.29, 1.82) is 0 Å². The standard InChI is InChI=1S/C20H27N3O2S2/c1-22(18-6-3-2-4-7-18)14-17-15-23-10-9-16(17)12-19(23)13-21-27(24,25)20-8-5-11-26-20/h2-8,11,16-17,19,21H,9-10,12-15H2,1H3/t16-,17+,19+/m0/s1. The van der Waals surface area contributed by atoms with Crippen molar-refractivity contribution in [3.05, 3.63) is 47.8 Å². The average molecular weight is 406 g/mol. The van der Waals surface area contributed by atoms with Crippen LogP contribution in [0.1, 0.15) is 12.8 Å². The monoisotopic (exact) mass is 405 g/mol. The minimum absolute atomic E-state index is 0.316. The first-order valence-electron chi connectivity index (χ1n) is 9.56. The Balaban J connectivity index is 1.34. The molecule has 5 nitrogen and oxygen atoms in total. The van der Waals surface area contributed by atoms with Crippen LogP contribution in [0.4, 0.5) is 5.69 Å². The van der Waals surface area contributed by atoms with E-state index in [-0.39, 0.29) is 0 Å². The van der Waals surface area contributed by atoms with Crippen molar-refractivity contribution in [1.82, 2.24) is 9.62 Å². The van der Waals surface area contributed by atoms with E-state index in [4.69, 9.17) is 0 Å². The Morgan fingerprint density at radius 2 is 2.04 bits per heavy atom. The molecule has 146 valence electrons. The van der Waals surface area contributed by atoms with Gasteiger partial charge in [-0.25, -0.2) is 13.1 Å². The molecular formula is C20H27N3O2S2. The molecule has 0 saturated carbocycles. The fourth-order valence-corrected chi connectivity index (χ4v) is 6.61. The number of fused-ring (bicyclic) bond motifs is 3. The fourth-order valence-electron chi connectivity index (χ4n) is 4.50. The van der Waals surface area contributed by atoms with Crippen LogP contribution in [0.15, 0.2) is 52.1 Å². The maximum absolute atomic E-state index is 12.4. The van der Waals surface area contributed by atoms with E-state index in [9.17, 15) is 8.42 Å². The number of benzene rings is 1. The maximum Gasteiger partial charge on any atom is 0.250 e. The Morgan fingerprint density at radius 1 is 1.22 bits per heavy atom. The number of hydrogen-bond acceptors (Lipinski definition) is 5. The number of sulfonamides is 1. The summed E-state index contributed by atoms with van der Waals surface area (Å²) in [5.41, 5.74) is 1.26. The number of nitrogens with zero attached hydrogens (tertiary/aromatic N) is 2. The van der Waals surface area contributed by atoms with Gasteiger partial charge in [-0.3, -0.25) is 4.90 Å². The number of anilines is 1. The van der Waals surface area contributed by atoms with Crippen molar-refractivity contribution in [2.75, 3.05) is 38.1 Å². The van der Waals surface area contributed by atoms with Gasteiger partial charge in [-0.15, -0.1) is 11.3 Å². The molecule has 4 heterocycles. The summed E-state index contributed by atoms with van der Waals surface area (Å²) in [6.07, 6.45) is 2.31. The molecule has 7 heteroatoms. The first-order valence-corrected chi connectivity index (χ1v) is 11.9. The van der Waals surface area contributed by atoms with Gasteiger partial charge in [-0.2, -0.15) is 0 Å². The second-order valence-corrected chi connectivity index (χ2v) is 10.6. The van der Waals surface area contributed by atoms with Crippen molar-refractivity contribution < 1.29 is 8.42 Å². The first-order chi connectivity index (χ1) is 13.0. The third-order valence-electron chi connectivity index (χ3n) is 5.99. The minimum atomic E-state index is -3.37. The summed E-state index contributed by atoms with van der Waals surface area (Å²) in [7, 11) is -1.20. The van der Waals surface area contributed by atoms with Gasteiger partial charge in [0.2, 0.25) is 10.0 Å². The maximum atomic E-state index is 12.4. The average Bonchev–Trinajstić information content (AvgIpc) is 3.24. The smallest absolute Gasteiger partial charge is 0.250 e. The molecule has 3 aliphatic heterocycles. The molecule has 2 aromatic rings. The second-order valence-electron chi connectivity index (χ2n) is 7.69. The molecule has 0 amide bonds. The quantitative estimate of drug-likeness (QED) is 0.770. The zero-order valence-electron chi connectivity index (χ0n) is 15.6. The largest absolute Gasteiger partial charge is 0.374 e. The summed E-state index contributed by atoms with van der Waals surface area (Å²) in [4.78, 5) is 4.83. The predicted octanol–water partition coefficient (Wildman–Crippen LogP) is 2.87. The summed E-state index contributed by atoms with van der Waals surface area (Å²) in [5, 5.41) is 1.80. The molecule has 1 aromatic carbocycles. The zero-order valence-corrected chi connectivity index (χ0v) is 17.3. The third-order valence-corrected chi connectivity index (χ3v) is 8.81. The van der Waals surface area contributed by atoms with Crippen LogP contribution in [0.5, 0.6) is 0 Å². The van der Waals surface area contributed by atoms with Gasteiger partial charge < -0.3 is 4.90 Å². The highest BCUT2D eigenvalue weighted by atomic mass is 32.2. The molecule has 27 heavy (non-hydrogen) atoms. The molecule has 1 aromatic heterocycles. The summed E-state index contributed by atoms with van der Waals surface area (Å²) in [6.45, 7) is 3.71. The molecule has 0 aliphatic carbocycles. The Labute approximate surface area is 166 Å². The van der Waals surface area contributed by atoms with E-state index in [0.717, 1.165) is 26.1 Å². The van der Waals surface area contributed by atoms with Gasteiger partial charge in [0.25, 0.3) is 0 Å². The highest BCUT2D eigenvalue weighted by molar-refractivity contribution is 7.91. The van der Waals surface area contributed by atoms with Gasteiger partial charge in [0, 0.05) is 38.4 Å². The Bertz CT molecular complexity index is 839. The van der Waals surface area contributed by atoms with Crippen LogP contribution < -0.4 is 9.62 Å². The molecular weight excluding hydrogens is 378 g/mol. The van der Waals surface area contributed by atoms with Crippen molar-refractivity contribution in [2.24, 2.45) is 11.8 Å². The van der Waals surface area contributed by atoms with Crippen molar-refractivity contribution in [3.8, 4) is 0 Å². The van der Waals surface area contributed by atoms with Gasteiger partial charge in [0.15, 0.2) is 0 Å². The molecule has 1 unspecified atom stereocenters. The van der Waals surface area contributed by atoms with Crippen molar-refractivity contribution >= 4 is 27.0 Å². The molecule has 0 spiro atoms. The van der Waals surface area contributed by atoms with Crippen LogP contribution in [0.25, 0.3) is 0 Å². The molecule has 3 fully saturated rings. The van der Waals surface area contributed by atoms with Gasteiger partial charge in [0.1, 0.15) is 4.21 Å². The second kappa shape index (κ2) is 7.91. The van der Waals surface area contributed by atoms with E-state index >= 15 is 0 Å². The SMILES string of the molecule is CN(C[C@@H]1CN2CC[C@H]1C[C@@H]2CNS(=O)(=O)c1cccs1)c1ccccc1. The van der Waals surface area contributed by atoms with E-state index < -0.39 is 10.0 Å². The lowest BCUT2D eigenvalue weighted by Crippen LogP contribution is -2.58. The molecule has 3 aliphatic rings. The van der Waals surface area contributed by atoms with E-state index in [1.165, 1.54) is 23.4 Å². The van der Waals surface area contributed by atoms with Gasteiger partial charge >= 0.3 is 0 Å². The zero-order chi connectivity index (χ0) is 18.9. The van der Waals surface area contributed by atoms with E-state index in [2.05, 4.69) is 45.8 Å². The minimum Gasteiger partial charge on any atom is -0.374 e. The lowest BCUT2D eigenvalue weighted by molar-refractivity contribution is 0.00693. The predicted molar refractivity (Wildman–Crippen MR) is 111 cm³/mol. The summed E-state index contributed by atoms with van der Waals surface area (Å²) < 4.78 is 28.0. The van der Waals surface area contributed by atoms with Crippen LogP contribution in [-0.2, 0) is 10.0 Å². The van der Waals surface area contributed by atoms with Gasteiger partial charge in [0.05, 0.1) is 0 Å². The molecule has 5 rings (SSSR count). The van der Waals surface area contributed by atoms with Crippen LogP contribution in [0.3, 0.4) is 0 Å². The lowest BCUT2D eigenvalue weighted by atomic mass is 9.75. The van der Waals surface area contributed by atoms with Crippen molar-refractivity contribution in [2.45, 2.75) is 23.1 Å². The summed E-state index contributed by atoms with van der Waals surface area (Å²) in [5.74, 6) is 1.33. The van der Waals surface area contributed by atoms with Crippen LogP contribution in [0.2, 0.25) is 0 Å². The topological polar surface area (TPSA) is 52.6 Å². The van der Waals surface area contributed by atoms with Gasteiger partial charge in [-0.05, 0) is 54.8 Å². The molecule has 4 atom stereocenters. The number of nitrogens with one attached hydrogen (secondary N) is 1. The Hall–Kier alpha value is -1.41. The molecule has 3 saturated heterocycles. The molecule has 2 bridgehead atoms. The number of hydrogen-bond donors (Lipinski definition) is 1. The van der Waals surface area contributed by atoms with E-state index in [1.54, 1.807) is 17.5 Å². The lowest BCUT2D eigenvalue weighted by Gasteiger charge is -2.50.